The standard InChI is InChI=1S/C39H48ClN5O7S/c1-23-6-7-25-17-34(46)52-35(25)29-11-8-27(29)19-45-21-39(14-4-5-24-15-28(40)10-12-31(24)39)22-51-33-13-9-26(16-32(33)45)37(47)43-53(49,20-23)44-38(48)30(18-42-2)36(41)50-3/h9-10,12-13,15-16,18,23,25,27,29,35H,4-8,11,14,17,19-22,41H2,1-3H3,(H,43,44,47,48,49)/b36-30-,42-18?/t23-,25-,27-,29+,35-,39-,53?/m0/s1. The molecule has 1 saturated heterocycles. The maximum atomic E-state index is 14.7. The number of hydrogen-bond acceptors (Lipinski definition) is 10. The number of ether oxygens (including phenoxy) is 3. The predicted octanol–water partition coefficient (Wildman–Crippen LogP) is 5.36. The van der Waals surface area contributed by atoms with E-state index in [9.17, 15) is 18.6 Å². The molecule has 0 aromatic heterocycles. The maximum Gasteiger partial charge on any atom is 0.306 e. The molecule has 1 spiro atoms. The first-order valence-electron chi connectivity index (χ1n) is 18.5. The van der Waals surface area contributed by atoms with Crippen molar-refractivity contribution in [2.75, 3.05) is 44.5 Å². The summed E-state index contributed by atoms with van der Waals surface area (Å²) in [5, 5.41) is 0.712. The number of nitrogens with zero attached hydrogens (tertiary/aromatic N) is 3. The number of carbonyl (C=O) groups is 3. The quantitative estimate of drug-likeness (QED) is 0.181. The molecule has 7 atom stereocenters. The zero-order chi connectivity index (χ0) is 37.5. The van der Waals surface area contributed by atoms with Crippen molar-refractivity contribution >= 4 is 51.2 Å². The molecule has 2 aromatic carbocycles. The fraction of sp³-hybridized carbons (Fsp3) is 0.538. The summed E-state index contributed by atoms with van der Waals surface area (Å²) < 4.78 is 39.2. The molecule has 3 N–H and O–H groups in total. The first-order chi connectivity index (χ1) is 25.4. The minimum Gasteiger partial charge on any atom is -0.490 e. The number of nitrogens with one attached hydrogen (secondary N) is 1. The van der Waals surface area contributed by atoms with Gasteiger partial charge in [-0.05, 0) is 98.2 Å². The van der Waals surface area contributed by atoms with Crippen LogP contribution in [-0.2, 0) is 40.8 Å². The zero-order valence-corrected chi connectivity index (χ0v) is 32.0. The van der Waals surface area contributed by atoms with E-state index in [-0.39, 0.29) is 63.9 Å². The molecule has 1 unspecified atom stereocenters. The van der Waals surface area contributed by atoms with Gasteiger partial charge in [-0.3, -0.25) is 24.1 Å². The Kier molecular flexibility index (Phi) is 10.5. The lowest BCUT2D eigenvalue weighted by atomic mass is 9.66. The van der Waals surface area contributed by atoms with E-state index in [0.717, 1.165) is 37.8 Å². The van der Waals surface area contributed by atoms with Crippen LogP contribution >= 0.6 is 11.6 Å². The summed E-state index contributed by atoms with van der Waals surface area (Å²) in [5.41, 5.74) is 8.91. The zero-order valence-electron chi connectivity index (χ0n) is 30.5. The Morgan fingerprint density at radius 3 is 2.74 bits per heavy atom. The summed E-state index contributed by atoms with van der Waals surface area (Å²) in [6.45, 7) is 3.71. The highest BCUT2D eigenvalue weighted by Crippen LogP contribution is 2.49. The van der Waals surface area contributed by atoms with Gasteiger partial charge in [-0.2, -0.15) is 0 Å². The van der Waals surface area contributed by atoms with Gasteiger partial charge in [0.25, 0.3) is 11.8 Å². The molecule has 2 aliphatic carbocycles. The second kappa shape index (κ2) is 15.0. The molecule has 2 fully saturated rings. The molecule has 53 heavy (non-hydrogen) atoms. The van der Waals surface area contributed by atoms with Crippen LogP contribution in [-0.4, -0.2) is 73.9 Å². The normalized spacial score (nSPS) is 31.8. The number of rotatable bonds is 4. The predicted molar refractivity (Wildman–Crippen MR) is 203 cm³/mol. The Labute approximate surface area is 316 Å². The van der Waals surface area contributed by atoms with Crippen LogP contribution in [0.2, 0.25) is 5.02 Å². The summed E-state index contributed by atoms with van der Waals surface area (Å²) >= 11 is 6.46. The van der Waals surface area contributed by atoms with Crippen LogP contribution in [0.1, 0.15) is 73.4 Å². The molecule has 2 bridgehead atoms. The molecular formula is C39H48ClN5O7S. The Morgan fingerprint density at radius 2 is 1.98 bits per heavy atom. The third kappa shape index (κ3) is 7.51. The van der Waals surface area contributed by atoms with Gasteiger partial charge >= 0.3 is 5.97 Å². The number of hydrogen-bond donors (Lipinski definition) is 2. The van der Waals surface area contributed by atoms with Crippen molar-refractivity contribution < 1.29 is 32.8 Å². The fourth-order valence-corrected chi connectivity index (χ4v) is 11.2. The third-order valence-corrected chi connectivity index (χ3v) is 14.0. The number of fused-ring (bicyclic) bond motifs is 6. The second-order valence-corrected chi connectivity index (χ2v) is 17.8. The highest BCUT2D eigenvalue weighted by molar-refractivity contribution is 7.92. The number of aryl methyl sites for hydroxylation is 1. The summed E-state index contributed by atoms with van der Waals surface area (Å²) in [6.07, 6.45) is 7.45. The van der Waals surface area contributed by atoms with Gasteiger partial charge in [0.1, 0.15) is 27.3 Å². The highest BCUT2D eigenvalue weighted by Gasteiger charge is 2.49. The molecule has 2 amide bonds. The molecule has 1 saturated carbocycles. The maximum absolute atomic E-state index is 14.7. The van der Waals surface area contributed by atoms with E-state index in [2.05, 4.69) is 31.1 Å². The van der Waals surface area contributed by atoms with Gasteiger partial charge < -0.3 is 24.8 Å². The van der Waals surface area contributed by atoms with Crippen LogP contribution in [0.3, 0.4) is 0 Å². The van der Waals surface area contributed by atoms with Crippen LogP contribution in [0.15, 0.2) is 57.2 Å². The lowest BCUT2D eigenvalue weighted by Crippen LogP contribution is -2.50. The van der Waals surface area contributed by atoms with Gasteiger partial charge in [0.15, 0.2) is 5.88 Å². The Morgan fingerprint density at radius 1 is 1.17 bits per heavy atom. The van der Waals surface area contributed by atoms with Crippen LogP contribution < -0.4 is 20.1 Å². The van der Waals surface area contributed by atoms with Gasteiger partial charge in [0.05, 0.1) is 31.6 Å². The lowest BCUT2D eigenvalue weighted by Gasteiger charge is -2.46. The molecule has 3 aliphatic heterocycles. The summed E-state index contributed by atoms with van der Waals surface area (Å²) in [6, 6.07) is 11.3. The lowest BCUT2D eigenvalue weighted by molar-refractivity contribution is -0.146. The van der Waals surface area contributed by atoms with E-state index in [1.165, 1.54) is 31.5 Å². The van der Waals surface area contributed by atoms with Gasteiger partial charge in [0.2, 0.25) is 0 Å². The van der Waals surface area contributed by atoms with Crippen molar-refractivity contribution in [1.82, 2.24) is 4.72 Å². The van der Waals surface area contributed by atoms with Gasteiger partial charge in [0, 0.05) is 54.2 Å². The fourth-order valence-electron chi connectivity index (χ4n) is 9.04. The number of amides is 2. The van der Waals surface area contributed by atoms with E-state index in [0.29, 0.717) is 49.7 Å². The van der Waals surface area contributed by atoms with Crippen LogP contribution in [0.5, 0.6) is 5.75 Å². The Balaban J connectivity index is 1.32. The van der Waals surface area contributed by atoms with Gasteiger partial charge in [-0.1, -0.05) is 24.6 Å². The first kappa shape index (κ1) is 37.2. The van der Waals surface area contributed by atoms with E-state index < -0.39 is 21.7 Å². The summed E-state index contributed by atoms with van der Waals surface area (Å²) in [5.74, 6) is -1.14. The minimum atomic E-state index is -3.70. The summed E-state index contributed by atoms with van der Waals surface area (Å²) in [7, 11) is -0.927. The largest absolute Gasteiger partial charge is 0.490 e. The molecular weight excluding hydrogens is 718 g/mol. The molecule has 2 aromatic rings. The molecule has 5 aliphatic rings. The van der Waals surface area contributed by atoms with Crippen LogP contribution in [0, 0.1) is 23.7 Å². The van der Waals surface area contributed by atoms with E-state index in [1.807, 2.05) is 13.0 Å². The average Bonchev–Trinajstić information content (AvgIpc) is 3.39. The van der Waals surface area contributed by atoms with Crippen molar-refractivity contribution in [3.8, 4) is 5.75 Å². The second-order valence-electron chi connectivity index (χ2n) is 15.4. The van der Waals surface area contributed by atoms with Crippen molar-refractivity contribution in [3.63, 3.8) is 0 Å². The smallest absolute Gasteiger partial charge is 0.306 e. The average molecular weight is 766 g/mol. The van der Waals surface area contributed by atoms with Crippen LogP contribution in [0.4, 0.5) is 5.69 Å². The Hall–Kier alpha value is -4.10. The molecule has 3 heterocycles. The highest BCUT2D eigenvalue weighted by atomic mass is 35.5. The number of benzene rings is 2. The molecule has 284 valence electrons. The van der Waals surface area contributed by atoms with E-state index >= 15 is 0 Å². The van der Waals surface area contributed by atoms with Gasteiger partial charge in [-0.15, -0.1) is 4.36 Å². The number of nitrogens with two attached hydrogens (primary N) is 1. The van der Waals surface area contributed by atoms with Crippen molar-refractivity contribution in [2.24, 2.45) is 38.8 Å². The topological polar surface area (TPSA) is 162 Å². The molecule has 12 nitrogen and oxygen atoms in total. The number of esters is 1. The van der Waals surface area contributed by atoms with Crippen molar-refractivity contribution in [3.05, 3.63) is 69.6 Å². The Bertz CT molecular complexity index is 1990. The number of anilines is 1. The van der Waals surface area contributed by atoms with Crippen molar-refractivity contribution in [1.29, 1.82) is 0 Å². The van der Waals surface area contributed by atoms with Gasteiger partial charge in [-0.25, -0.2) is 4.21 Å². The van der Waals surface area contributed by atoms with Crippen molar-refractivity contribution in [2.45, 2.75) is 69.8 Å². The van der Waals surface area contributed by atoms with E-state index in [4.69, 9.17) is 31.5 Å². The molecule has 7 rings (SSSR count). The first-order valence-corrected chi connectivity index (χ1v) is 20.5. The number of halogens is 1. The number of aliphatic imine (C=N–C) groups is 1. The monoisotopic (exact) mass is 765 g/mol. The SMILES string of the molecule is CN=C/C(C(=O)NS1(=O)=NC(=O)c2ccc3c(c2)N(C[C@@H]2CC[C@H]2[C@H]2OC(=O)C[C@@H]2CC[C@H](C)C1)C[C@@]1(CCCc2cc(Cl)ccc21)CO3)=C(\N)OC. The van der Waals surface area contributed by atoms with Crippen LogP contribution in [0.25, 0.3) is 0 Å². The minimum absolute atomic E-state index is 0.0133. The number of carbonyl (C=O) groups excluding carboxylic acids is 3. The molecule has 0 radical (unpaired) electrons. The third-order valence-electron chi connectivity index (χ3n) is 11.8. The number of methoxy groups -OCH3 is 1. The molecule has 14 heteroatoms. The van der Waals surface area contributed by atoms with E-state index in [1.54, 1.807) is 18.2 Å². The summed E-state index contributed by atoms with van der Waals surface area (Å²) in [4.78, 5) is 46.6.